The molecule has 6 atom stereocenters. The number of ketones is 1. The van der Waals surface area contributed by atoms with Gasteiger partial charge in [0, 0.05) is 11.8 Å². The molecule has 0 unspecified atom stereocenters. The van der Waals surface area contributed by atoms with E-state index in [0.717, 1.165) is 38.5 Å². The molecule has 3 fully saturated rings. The molecular weight excluding hydrogens is 363 g/mol. The monoisotopic (exact) mass is 390 g/mol. The average molecular weight is 390 g/mol. The van der Waals surface area contributed by atoms with Crippen LogP contribution in [0.4, 0.5) is 0 Å². The van der Waals surface area contributed by atoms with Crippen molar-refractivity contribution in [3.05, 3.63) is 11.6 Å². The molecule has 0 aromatic rings. The Bertz CT molecular complexity index is 732. The second-order valence-corrected chi connectivity index (χ2v) is 10.1. The van der Waals surface area contributed by atoms with Crippen LogP contribution in [0.25, 0.3) is 0 Å². The molecule has 0 radical (unpaired) electrons. The minimum Gasteiger partial charge on any atom is -0.726 e. The van der Waals surface area contributed by atoms with Gasteiger partial charge in [-0.3, -0.25) is 8.98 Å². The quantitative estimate of drug-likeness (QED) is 0.294. The number of carbonyl (C=O) groups excluding carboxylic acids is 1. The number of Topliss-reactive ketones (excluding diaryl/α,β-unsaturated/α-hetero) is 1. The zero-order chi connectivity index (χ0) is 18.0. The van der Waals surface area contributed by atoms with E-state index in [1.54, 1.807) is 0 Å². The van der Waals surface area contributed by atoms with Crippen LogP contribution in [-0.2, 0) is 19.4 Å². The minimum atomic E-state index is -4.65. The van der Waals surface area contributed by atoms with Gasteiger partial charge in [-0.05, 0) is 68.1 Å². The van der Waals surface area contributed by atoms with Crippen molar-refractivity contribution in [2.75, 3.05) is 0 Å². The summed E-state index contributed by atoms with van der Waals surface area (Å²) in [6.07, 6.45) is 8.55. The Hall–Kier alpha value is 0.280. The molecule has 4 aliphatic rings. The molecular formula is C19H27NaO5S. The zero-order valence-electron chi connectivity index (χ0n) is 16.0. The second kappa shape index (κ2) is 6.96. The van der Waals surface area contributed by atoms with Crippen molar-refractivity contribution < 1.29 is 51.5 Å². The van der Waals surface area contributed by atoms with Crippen molar-refractivity contribution in [3.8, 4) is 0 Å². The van der Waals surface area contributed by atoms with Crippen molar-refractivity contribution >= 4 is 16.2 Å². The van der Waals surface area contributed by atoms with Crippen LogP contribution in [-0.4, -0.2) is 24.9 Å². The van der Waals surface area contributed by atoms with Crippen molar-refractivity contribution in [3.63, 3.8) is 0 Å². The van der Waals surface area contributed by atoms with Crippen LogP contribution in [0.15, 0.2) is 11.6 Å². The van der Waals surface area contributed by atoms with Gasteiger partial charge in [0.1, 0.15) is 5.78 Å². The van der Waals surface area contributed by atoms with Crippen LogP contribution in [0.1, 0.15) is 65.2 Å². The number of allylic oxidation sites excluding steroid dienone is 1. The summed E-state index contributed by atoms with van der Waals surface area (Å²) >= 11 is 0. The first-order valence-corrected chi connectivity index (χ1v) is 10.8. The summed E-state index contributed by atoms with van der Waals surface area (Å²) in [6, 6.07) is 0. The van der Waals surface area contributed by atoms with Gasteiger partial charge in [0.2, 0.25) is 10.4 Å². The largest absolute Gasteiger partial charge is 1.00 e. The van der Waals surface area contributed by atoms with Crippen molar-refractivity contribution in [1.29, 1.82) is 0 Å². The van der Waals surface area contributed by atoms with E-state index in [1.165, 1.54) is 5.57 Å². The van der Waals surface area contributed by atoms with Gasteiger partial charge in [-0.1, -0.05) is 25.5 Å². The van der Waals surface area contributed by atoms with Gasteiger partial charge in [0.15, 0.2) is 0 Å². The molecule has 7 heteroatoms. The third kappa shape index (κ3) is 3.29. The fourth-order valence-corrected chi connectivity index (χ4v) is 7.14. The summed E-state index contributed by atoms with van der Waals surface area (Å²) in [5.74, 6) is 2.05. The van der Waals surface area contributed by atoms with Gasteiger partial charge in [0.05, 0.1) is 6.10 Å². The fraction of sp³-hybridized carbons (Fsp3) is 0.842. The van der Waals surface area contributed by atoms with E-state index in [9.17, 15) is 17.8 Å². The molecule has 0 heterocycles. The van der Waals surface area contributed by atoms with Crippen LogP contribution < -0.4 is 29.6 Å². The molecule has 5 nitrogen and oxygen atoms in total. The molecule has 4 aliphatic carbocycles. The van der Waals surface area contributed by atoms with E-state index < -0.39 is 16.5 Å². The molecule has 26 heavy (non-hydrogen) atoms. The third-order valence-corrected chi connectivity index (χ3v) is 8.53. The van der Waals surface area contributed by atoms with Crippen LogP contribution in [0.5, 0.6) is 0 Å². The van der Waals surface area contributed by atoms with Crippen molar-refractivity contribution in [1.82, 2.24) is 0 Å². The van der Waals surface area contributed by atoms with Crippen LogP contribution in [0.2, 0.25) is 0 Å². The standard InChI is InChI=1S/C19H28O5S.Na/c1-18-9-7-13(24-25(21,22)23)11-12(18)3-4-14-15-5-6-17(20)19(15,2)10-8-16(14)18;/h3,13-16H,4-11H2,1-2H3,(H,21,22,23);/q;+1/p-1/t13-,14-,15-,16-,18-,19-;/m0./s1. The molecule has 3 saturated carbocycles. The second-order valence-electron chi connectivity index (χ2n) is 9.05. The van der Waals surface area contributed by atoms with Gasteiger partial charge in [0.25, 0.3) is 0 Å². The molecule has 0 aromatic heterocycles. The Morgan fingerprint density at radius 2 is 1.77 bits per heavy atom. The smallest absolute Gasteiger partial charge is 0.726 e. The van der Waals surface area contributed by atoms with Crippen molar-refractivity contribution in [2.24, 2.45) is 28.6 Å². The fourth-order valence-electron chi connectivity index (χ4n) is 6.65. The third-order valence-electron chi connectivity index (χ3n) is 8.02. The zero-order valence-corrected chi connectivity index (χ0v) is 18.8. The molecule has 0 amide bonds. The number of hydrogen-bond acceptors (Lipinski definition) is 5. The maximum atomic E-state index is 12.4. The maximum Gasteiger partial charge on any atom is 1.00 e. The van der Waals surface area contributed by atoms with Gasteiger partial charge in [-0.15, -0.1) is 0 Å². The van der Waals surface area contributed by atoms with Gasteiger partial charge in [-0.25, -0.2) is 8.42 Å². The van der Waals surface area contributed by atoms with Crippen LogP contribution in [0.3, 0.4) is 0 Å². The molecule has 0 spiro atoms. The van der Waals surface area contributed by atoms with Gasteiger partial charge in [-0.2, -0.15) is 0 Å². The SMILES string of the molecule is C[C@]12CC[C@H](OS(=O)(=O)[O-])CC1=CC[C@@H]1[C@@H]2CC[C@]2(C)C(=O)CC[C@@H]12.[Na+]. The minimum absolute atomic E-state index is 0. The summed E-state index contributed by atoms with van der Waals surface area (Å²) in [6.45, 7) is 4.48. The number of carbonyl (C=O) groups is 1. The van der Waals surface area contributed by atoms with Crippen LogP contribution in [0, 0.1) is 28.6 Å². The van der Waals surface area contributed by atoms with E-state index in [2.05, 4.69) is 19.9 Å². The summed E-state index contributed by atoms with van der Waals surface area (Å²) in [7, 11) is -4.65. The average Bonchev–Trinajstić information content (AvgIpc) is 2.82. The summed E-state index contributed by atoms with van der Waals surface area (Å²) in [4.78, 5) is 12.4. The Morgan fingerprint density at radius 3 is 2.46 bits per heavy atom. The summed E-state index contributed by atoms with van der Waals surface area (Å²) in [5.41, 5.74) is 1.20. The van der Waals surface area contributed by atoms with Crippen molar-refractivity contribution in [2.45, 2.75) is 71.3 Å². The molecule has 0 N–H and O–H groups in total. The van der Waals surface area contributed by atoms with Crippen LogP contribution >= 0.6 is 0 Å². The van der Waals surface area contributed by atoms with E-state index in [0.29, 0.717) is 36.4 Å². The predicted octanol–water partition coefficient (Wildman–Crippen LogP) is 0.368. The van der Waals surface area contributed by atoms with E-state index in [4.69, 9.17) is 4.18 Å². The molecule has 0 saturated heterocycles. The number of hydrogen-bond donors (Lipinski definition) is 0. The van der Waals surface area contributed by atoms with Gasteiger partial charge >= 0.3 is 29.6 Å². The first-order chi connectivity index (χ1) is 11.6. The maximum absolute atomic E-state index is 12.4. The first kappa shape index (κ1) is 21.0. The normalized spacial score (nSPS) is 45.0. The molecule has 0 bridgehead atoms. The summed E-state index contributed by atoms with van der Waals surface area (Å²) in [5, 5.41) is 0. The molecule has 0 aliphatic heterocycles. The Morgan fingerprint density at radius 1 is 1.12 bits per heavy atom. The summed E-state index contributed by atoms with van der Waals surface area (Å²) < 4.78 is 37.5. The number of fused-ring (bicyclic) bond motifs is 5. The van der Waals surface area contributed by atoms with E-state index in [-0.39, 0.29) is 40.4 Å². The predicted molar refractivity (Wildman–Crippen MR) is 91.3 cm³/mol. The molecule has 140 valence electrons. The van der Waals surface area contributed by atoms with E-state index >= 15 is 0 Å². The Balaban J connectivity index is 0.00000196. The van der Waals surface area contributed by atoms with Gasteiger partial charge < -0.3 is 4.55 Å². The number of rotatable bonds is 2. The molecule has 4 rings (SSSR count). The molecule has 0 aromatic carbocycles. The Labute approximate surface area is 178 Å². The first-order valence-electron chi connectivity index (χ1n) is 9.50. The Kier molecular flexibility index (Phi) is 5.62. The topological polar surface area (TPSA) is 83.5 Å². The van der Waals surface area contributed by atoms with E-state index in [1.807, 2.05) is 0 Å².